The summed E-state index contributed by atoms with van der Waals surface area (Å²) in [6.45, 7) is 1.76. The standard InChI is InChI=1S/C10H11N5O2/c1-6-5-9(17-15-6)12-10(16)7-3-4-8(11-2)14-13-7/h3-5H,1-2H3,(H,11,14)(H,12,16). The molecule has 0 aliphatic heterocycles. The Morgan fingerprint density at radius 3 is 2.71 bits per heavy atom. The van der Waals surface area contributed by atoms with Crippen LogP contribution in [-0.2, 0) is 0 Å². The van der Waals surface area contributed by atoms with E-state index in [0.717, 1.165) is 0 Å². The largest absolute Gasteiger partial charge is 0.372 e. The summed E-state index contributed by atoms with van der Waals surface area (Å²) < 4.78 is 4.86. The number of hydrogen-bond acceptors (Lipinski definition) is 6. The van der Waals surface area contributed by atoms with Gasteiger partial charge in [0.1, 0.15) is 5.82 Å². The first kappa shape index (κ1) is 11.1. The molecule has 2 rings (SSSR count). The molecule has 0 unspecified atom stereocenters. The summed E-state index contributed by atoms with van der Waals surface area (Å²) in [6, 6.07) is 4.85. The zero-order valence-corrected chi connectivity index (χ0v) is 9.39. The molecule has 7 heteroatoms. The number of carbonyl (C=O) groups excluding carboxylic acids is 1. The maximum Gasteiger partial charge on any atom is 0.278 e. The van der Waals surface area contributed by atoms with Gasteiger partial charge < -0.3 is 9.84 Å². The fourth-order valence-corrected chi connectivity index (χ4v) is 1.19. The highest BCUT2D eigenvalue weighted by atomic mass is 16.5. The van der Waals surface area contributed by atoms with Gasteiger partial charge in [-0.3, -0.25) is 10.1 Å². The Labute approximate surface area is 97.2 Å². The van der Waals surface area contributed by atoms with Crippen LogP contribution in [0, 0.1) is 6.92 Å². The van der Waals surface area contributed by atoms with Gasteiger partial charge in [-0.05, 0) is 19.1 Å². The lowest BCUT2D eigenvalue weighted by Crippen LogP contribution is -2.14. The van der Waals surface area contributed by atoms with Crippen LogP contribution in [0.5, 0.6) is 0 Å². The van der Waals surface area contributed by atoms with E-state index in [9.17, 15) is 4.79 Å². The Kier molecular flexibility index (Phi) is 2.99. The predicted molar refractivity (Wildman–Crippen MR) is 60.8 cm³/mol. The molecule has 0 aliphatic rings. The number of hydrogen-bond donors (Lipinski definition) is 2. The normalized spacial score (nSPS) is 10.0. The van der Waals surface area contributed by atoms with Crippen LogP contribution in [0.2, 0.25) is 0 Å². The number of aryl methyl sites for hydroxylation is 1. The van der Waals surface area contributed by atoms with Gasteiger partial charge in [0.15, 0.2) is 5.69 Å². The monoisotopic (exact) mass is 233 g/mol. The van der Waals surface area contributed by atoms with Crippen molar-refractivity contribution in [3.63, 3.8) is 0 Å². The van der Waals surface area contributed by atoms with Crippen molar-refractivity contribution in [3.8, 4) is 0 Å². The van der Waals surface area contributed by atoms with Gasteiger partial charge in [-0.1, -0.05) is 5.16 Å². The Hall–Kier alpha value is -2.44. The average molecular weight is 233 g/mol. The topological polar surface area (TPSA) is 92.9 Å². The van der Waals surface area contributed by atoms with Crippen molar-refractivity contribution in [3.05, 3.63) is 29.6 Å². The average Bonchev–Trinajstić information content (AvgIpc) is 2.75. The molecule has 2 aromatic rings. The molecule has 0 saturated heterocycles. The van der Waals surface area contributed by atoms with Gasteiger partial charge >= 0.3 is 0 Å². The zero-order valence-electron chi connectivity index (χ0n) is 9.39. The summed E-state index contributed by atoms with van der Waals surface area (Å²) >= 11 is 0. The third kappa shape index (κ3) is 2.57. The zero-order chi connectivity index (χ0) is 12.3. The van der Waals surface area contributed by atoms with Gasteiger partial charge in [-0.15, -0.1) is 10.2 Å². The second kappa shape index (κ2) is 4.60. The van der Waals surface area contributed by atoms with Crippen molar-refractivity contribution < 1.29 is 9.32 Å². The van der Waals surface area contributed by atoms with Crippen LogP contribution < -0.4 is 10.6 Å². The Balaban J connectivity index is 2.09. The summed E-state index contributed by atoms with van der Waals surface area (Å²) in [5.74, 6) is 0.486. The number of anilines is 2. The van der Waals surface area contributed by atoms with Crippen molar-refractivity contribution in [1.29, 1.82) is 0 Å². The van der Waals surface area contributed by atoms with Gasteiger partial charge in [0.2, 0.25) is 5.88 Å². The van der Waals surface area contributed by atoms with Crippen LogP contribution in [0.1, 0.15) is 16.2 Å². The second-order valence-electron chi connectivity index (χ2n) is 3.34. The van der Waals surface area contributed by atoms with Crippen LogP contribution in [0.25, 0.3) is 0 Å². The Morgan fingerprint density at radius 2 is 2.18 bits per heavy atom. The third-order valence-electron chi connectivity index (χ3n) is 2.02. The molecule has 2 aromatic heterocycles. The maximum absolute atomic E-state index is 11.7. The van der Waals surface area contributed by atoms with Crippen molar-refractivity contribution in [2.45, 2.75) is 6.92 Å². The van der Waals surface area contributed by atoms with E-state index in [4.69, 9.17) is 4.52 Å². The molecular formula is C10H11N5O2. The quantitative estimate of drug-likeness (QED) is 0.823. The smallest absolute Gasteiger partial charge is 0.278 e. The van der Waals surface area contributed by atoms with Crippen molar-refractivity contribution in [2.24, 2.45) is 0 Å². The lowest BCUT2D eigenvalue weighted by molar-refractivity contribution is 0.101. The number of aromatic nitrogens is 3. The summed E-state index contributed by atoms with van der Waals surface area (Å²) in [6.07, 6.45) is 0. The molecular weight excluding hydrogens is 222 g/mol. The number of amides is 1. The van der Waals surface area contributed by atoms with Crippen LogP contribution in [0.15, 0.2) is 22.7 Å². The molecule has 17 heavy (non-hydrogen) atoms. The first-order valence-electron chi connectivity index (χ1n) is 4.95. The van der Waals surface area contributed by atoms with E-state index in [1.165, 1.54) is 0 Å². The lowest BCUT2D eigenvalue weighted by Gasteiger charge is -2.00. The molecule has 0 aromatic carbocycles. The molecule has 0 aliphatic carbocycles. The van der Waals surface area contributed by atoms with Gasteiger partial charge in [-0.2, -0.15) is 0 Å². The van der Waals surface area contributed by atoms with Gasteiger partial charge in [0, 0.05) is 13.1 Å². The minimum Gasteiger partial charge on any atom is -0.372 e. The van der Waals surface area contributed by atoms with E-state index in [1.54, 1.807) is 32.2 Å². The number of carbonyl (C=O) groups is 1. The van der Waals surface area contributed by atoms with Crippen LogP contribution in [0.3, 0.4) is 0 Å². The van der Waals surface area contributed by atoms with E-state index in [2.05, 4.69) is 26.0 Å². The highest BCUT2D eigenvalue weighted by Gasteiger charge is 2.10. The molecule has 1 amide bonds. The summed E-state index contributed by atoms with van der Waals surface area (Å²) in [5.41, 5.74) is 0.898. The van der Waals surface area contributed by atoms with Gasteiger partial charge in [0.25, 0.3) is 5.91 Å². The van der Waals surface area contributed by atoms with E-state index in [1.807, 2.05) is 0 Å². The highest BCUT2D eigenvalue weighted by Crippen LogP contribution is 2.10. The second-order valence-corrected chi connectivity index (χ2v) is 3.34. The number of nitrogens with zero attached hydrogens (tertiary/aromatic N) is 3. The molecule has 0 radical (unpaired) electrons. The lowest BCUT2D eigenvalue weighted by atomic mass is 10.3. The first-order valence-corrected chi connectivity index (χ1v) is 4.95. The first-order chi connectivity index (χ1) is 8.19. The number of nitrogens with one attached hydrogen (secondary N) is 2. The number of rotatable bonds is 3. The maximum atomic E-state index is 11.7. The SMILES string of the molecule is CNc1ccc(C(=O)Nc2cc(C)no2)nn1. The van der Waals surface area contributed by atoms with Crippen LogP contribution >= 0.6 is 0 Å². The fraction of sp³-hybridized carbons (Fsp3) is 0.200. The summed E-state index contributed by atoms with van der Waals surface area (Å²) in [5, 5.41) is 16.6. The summed E-state index contributed by atoms with van der Waals surface area (Å²) in [7, 11) is 1.72. The molecule has 2 heterocycles. The van der Waals surface area contributed by atoms with Crippen molar-refractivity contribution in [1.82, 2.24) is 15.4 Å². The molecule has 7 nitrogen and oxygen atoms in total. The van der Waals surface area contributed by atoms with Gasteiger partial charge in [-0.25, -0.2) is 0 Å². The third-order valence-corrected chi connectivity index (χ3v) is 2.02. The minimum absolute atomic E-state index is 0.207. The molecule has 2 N–H and O–H groups in total. The fourth-order valence-electron chi connectivity index (χ4n) is 1.19. The molecule has 0 bridgehead atoms. The highest BCUT2D eigenvalue weighted by molar-refractivity contribution is 6.01. The van der Waals surface area contributed by atoms with E-state index < -0.39 is 5.91 Å². The Bertz CT molecular complexity index is 520. The molecule has 0 spiro atoms. The van der Waals surface area contributed by atoms with Crippen LogP contribution in [-0.4, -0.2) is 28.3 Å². The predicted octanol–water partition coefficient (Wildman–Crippen LogP) is 1.07. The van der Waals surface area contributed by atoms with E-state index in [-0.39, 0.29) is 11.6 Å². The van der Waals surface area contributed by atoms with E-state index in [0.29, 0.717) is 11.5 Å². The molecule has 88 valence electrons. The molecule has 0 saturated carbocycles. The molecule has 0 atom stereocenters. The Morgan fingerprint density at radius 1 is 1.35 bits per heavy atom. The van der Waals surface area contributed by atoms with Crippen molar-refractivity contribution >= 4 is 17.6 Å². The molecule has 0 fully saturated rings. The summed E-state index contributed by atoms with van der Waals surface area (Å²) in [4.78, 5) is 11.7. The van der Waals surface area contributed by atoms with E-state index >= 15 is 0 Å². The van der Waals surface area contributed by atoms with Gasteiger partial charge in [0.05, 0.1) is 5.69 Å². The minimum atomic E-state index is -0.392. The van der Waals surface area contributed by atoms with Crippen molar-refractivity contribution in [2.75, 3.05) is 17.7 Å². The van der Waals surface area contributed by atoms with Crippen LogP contribution in [0.4, 0.5) is 11.7 Å².